The summed E-state index contributed by atoms with van der Waals surface area (Å²) in [5.74, 6) is -2.02. The number of halogens is 3. The lowest BCUT2D eigenvalue weighted by Gasteiger charge is -2.01. The van der Waals surface area contributed by atoms with Crippen LogP contribution < -0.4 is 5.32 Å². The summed E-state index contributed by atoms with van der Waals surface area (Å²) in [7, 11) is 0. The predicted molar refractivity (Wildman–Crippen MR) is 27.9 cm³/mol. The second-order valence-electron chi connectivity index (χ2n) is 1.32. The maximum absolute atomic E-state index is 11.3. The number of alkyl halides is 3. The van der Waals surface area contributed by atoms with Gasteiger partial charge in [-0.2, -0.15) is 13.2 Å². The summed E-state index contributed by atoms with van der Waals surface area (Å²) in [6, 6.07) is 0. The molecular formula is C5H4F3NO. The summed E-state index contributed by atoms with van der Waals surface area (Å²) in [5.41, 5.74) is 1.96. The standard InChI is InChI=1S/C5H4F3NO/c1-2-3-9-4(10)5(6,7)8/h3H,1H2,(H,9,10). The van der Waals surface area contributed by atoms with Gasteiger partial charge in [0.15, 0.2) is 0 Å². The molecule has 0 aromatic heterocycles. The molecule has 0 aliphatic heterocycles. The highest BCUT2D eigenvalue weighted by molar-refractivity contribution is 5.82. The number of amides is 1. The Labute approximate surface area is 55.0 Å². The minimum atomic E-state index is -4.84. The number of hydrogen-bond donors (Lipinski definition) is 1. The summed E-state index contributed by atoms with van der Waals surface area (Å²) in [6.07, 6.45) is -4.15. The van der Waals surface area contributed by atoms with Crippen LogP contribution in [0.25, 0.3) is 0 Å². The molecule has 1 amide bonds. The van der Waals surface area contributed by atoms with E-state index in [1.165, 1.54) is 5.32 Å². The van der Waals surface area contributed by atoms with Crippen molar-refractivity contribution in [2.45, 2.75) is 6.18 Å². The Morgan fingerprint density at radius 2 is 2.10 bits per heavy atom. The zero-order valence-corrected chi connectivity index (χ0v) is 4.83. The Morgan fingerprint density at radius 1 is 1.60 bits per heavy atom. The van der Waals surface area contributed by atoms with E-state index in [1.54, 1.807) is 0 Å². The molecule has 0 spiro atoms. The van der Waals surface area contributed by atoms with Gasteiger partial charge in [0, 0.05) is 6.20 Å². The molecule has 0 aliphatic rings. The Balaban J connectivity index is 3.98. The molecule has 0 saturated heterocycles. The second-order valence-corrected chi connectivity index (χ2v) is 1.32. The van der Waals surface area contributed by atoms with Gasteiger partial charge in [0.05, 0.1) is 0 Å². The highest BCUT2D eigenvalue weighted by Crippen LogP contribution is 2.13. The van der Waals surface area contributed by atoms with Crippen molar-refractivity contribution in [3.05, 3.63) is 18.5 Å². The van der Waals surface area contributed by atoms with Crippen molar-refractivity contribution >= 4 is 5.91 Å². The molecule has 0 rings (SSSR count). The quantitative estimate of drug-likeness (QED) is 0.555. The third-order valence-corrected chi connectivity index (χ3v) is 0.563. The van der Waals surface area contributed by atoms with E-state index in [0.717, 1.165) is 0 Å². The average molecular weight is 151 g/mol. The van der Waals surface area contributed by atoms with Crippen LogP contribution in [0, 0.1) is 0 Å². The molecule has 0 radical (unpaired) electrons. The Morgan fingerprint density at radius 3 is 2.40 bits per heavy atom. The zero-order chi connectivity index (χ0) is 8.20. The largest absolute Gasteiger partial charge is 0.471 e. The molecule has 10 heavy (non-hydrogen) atoms. The van der Waals surface area contributed by atoms with E-state index in [-0.39, 0.29) is 0 Å². The van der Waals surface area contributed by atoms with Gasteiger partial charge >= 0.3 is 12.1 Å². The van der Waals surface area contributed by atoms with E-state index in [2.05, 4.69) is 6.58 Å². The molecule has 0 aliphatic carbocycles. The number of nitrogens with one attached hydrogen (secondary N) is 1. The van der Waals surface area contributed by atoms with Crippen molar-refractivity contribution in [1.82, 2.24) is 5.32 Å². The summed E-state index contributed by atoms with van der Waals surface area (Å²) in [5, 5.41) is 1.41. The minimum absolute atomic E-state index is 0.690. The predicted octanol–water partition coefficient (Wildman–Crippen LogP) is 0.964. The van der Waals surface area contributed by atoms with Crippen LogP contribution in [0.15, 0.2) is 18.5 Å². The number of carbonyl (C=O) groups excluding carboxylic acids is 1. The lowest BCUT2D eigenvalue weighted by Crippen LogP contribution is -2.33. The van der Waals surface area contributed by atoms with Gasteiger partial charge in [-0.3, -0.25) is 4.79 Å². The van der Waals surface area contributed by atoms with E-state index in [4.69, 9.17) is 0 Å². The van der Waals surface area contributed by atoms with E-state index in [0.29, 0.717) is 6.20 Å². The zero-order valence-electron chi connectivity index (χ0n) is 4.83. The van der Waals surface area contributed by atoms with Gasteiger partial charge in [0.2, 0.25) is 0 Å². The van der Waals surface area contributed by atoms with E-state index >= 15 is 0 Å². The highest BCUT2D eigenvalue weighted by Gasteiger charge is 2.37. The fraction of sp³-hybridized carbons (Fsp3) is 0.200. The third kappa shape index (κ3) is 2.94. The fourth-order valence-electron chi connectivity index (χ4n) is 0.198. The molecular weight excluding hydrogens is 147 g/mol. The average Bonchev–Trinajstić information content (AvgIpc) is 1.80. The Kier molecular flexibility index (Phi) is 2.70. The molecule has 5 heteroatoms. The number of rotatable bonds is 1. The van der Waals surface area contributed by atoms with Crippen LogP contribution in [-0.2, 0) is 4.79 Å². The Bertz CT molecular complexity index is 178. The fourth-order valence-corrected chi connectivity index (χ4v) is 0.198. The van der Waals surface area contributed by atoms with Crippen LogP contribution in [0.4, 0.5) is 13.2 Å². The number of hydrogen-bond acceptors (Lipinski definition) is 1. The maximum Gasteiger partial charge on any atom is 0.471 e. The van der Waals surface area contributed by atoms with Crippen molar-refractivity contribution < 1.29 is 18.0 Å². The molecule has 0 bridgehead atoms. The topological polar surface area (TPSA) is 29.1 Å². The van der Waals surface area contributed by atoms with Gasteiger partial charge < -0.3 is 5.32 Å². The maximum atomic E-state index is 11.3. The third-order valence-electron chi connectivity index (χ3n) is 0.563. The van der Waals surface area contributed by atoms with Gasteiger partial charge in [0.25, 0.3) is 0 Å². The molecule has 0 heterocycles. The molecule has 0 aromatic carbocycles. The summed E-state index contributed by atoms with van der Waals surface area (Å²) in [6.45, 7) is 2.95. The van der Waals surface area contributed by atoms with E-state index < -0.39 is 12.1 Å². The van der Waals surface area contributed by atoms with Crippen molar-refractivity contribution in [2.75, 3.05) is 0 Å². The van der Waals surface area contributed by atoms with Crippen molar-refractivity contribution in [3.8, 4) is 0 Å². The molecule has 0 aromatic rings. The first-order valence-electron chi connectivity index (χ1n) is 2.20. The lowest BCUT2D eigenvalue weighted by molar-refractivity contribution is -0.172. The highest BCUT2D eigenvalue weighted by atomic mass is 19.4. The van der Waals surface area contributed by atoms with E-state index in [9.17, 15) is 18.0 Å². The van der Waals surface area contributed by atoms with Gasteiger partial charge in [-0.25, -0.2) is 0 Å². The van der Waals surface area contributed by atoms with Crippen molar-refractivity contribution in [3.63, 3.8) is 0 Å². The summed E-state index contributed by atoms with van der Waals surface area (Å²) < 4.78 is 33.9. The second kappa shape index (κ2) is 3.08. The van der Waals surface area contributed by atoms with Crippen LogP contribution in [0.2, 0.25) is 0 Å². The van der Waals surface area contributed by atoms with E-state index in [1.807, 2.05) is 5.73 Å². The monoisotopic (exact) mass is 151 g/mol. The molecule has 0 atom stereocenters. The smallest absolute Gasteiger partial charge is 0.318 e. The molecule has 0 unspecified atom stereocenters. The van der Waals surface area contributed by atoms with Gasteiger partial charge in [0.1, 0.15) is 0 Å². The van der Waals surface area contributed by atoms with Crippen LogP contribution >= 0.6 is 0 Å². The van der Waals surface area contributed by atoms with Gasteiger partial charge in [-0.1, -0.05) is 6.58 Å². The van der Waals surface area contributed by atoms with Crippen molar-refractivity contribution in [2.24, 2.45) is 0 Å². The normalized spacial score (nSPS) is 9.90. The SMILES string of the molecule is C=C=CNC(=O)C(F)(F)F. The van der Waals surface area contributed by atoms with Crippen LogP contribution in [-0.4, -0.2) is 12.1 Å². The van der Waals surface area contributed by atoms with Crippen molar-refractivity contribution in [1.29, 1.82) is 0 Å². The first kappa shape index (κ1) is 8.78. The molecule has 56 valence electrons. The first-order valence-corrected chi connectivity index (χ1v) is 2.20. The first-order chi connectivity index (χ1) is 4.48. The summed E-state index contributed by atoms with van der Waals surface area (Å²) >= 11 is 0. The number of carbonyl (C=O) groups is 1. The Hall–Kier alpha value is -1.22. The minimum Gasteiger partial charge on any atom is -0.318 e. The molecule has 0 saturated carbocycles. The molecule has 1 N–H and O–H groups in total. The summed E-state index contributed by atoms with van der Waals surface area (Å²) in [4.78, 5) is 9.89. The van der Waals surface area contributed by atoms with Crippen LogP contribution in [0.1, 0.15) is 0 Å². The lowest BCUT2D eigenvalue weighted by atomic mass is 10.6. The van der Waals surface area contributed by atoms with Gasteiger partial charge in [-0.15, -0.1) is 5.73 Å². The molecule has 2 nitrogen and oxygen atoms in total. The van der Waals surface area contributed by atoms with Crippen LogP contribution in [0.3, 0.4) is 0 Å². The van der Waals surface area contributed by atoms with Gasteiger partial charge in [-0.05, 0) is 0 Å². The van der Waals surface area contributed by atoms with Crippen LogP contribution in [0.5, 0.6) is 0 Å². The molecule has 0 fully saturated rings.